The lowest BCUT2D eigenvalue weighted by atomic mass is 10.1. The van der Waals surface area contributed by atoms with E-state index in [2.05, 4.69) is 4.98 Å². The first-order chi connectivity index (χ1) is 13.4. The number of aromatic nitrogens is 2. The molecule has 0 aliphatic carbocycles. The number of nitrogens with one attached hydrogen (secondary N) is 2. The molecule has 0 spiro atoms. The molecule has 0 saturated carbocycles. The number of esters is 1. The molecule has 0 bridgehead atoms. The van der Waals surface area contributed by atoms with E-state index in [9.17, 15) is 4.79 Å². The predicted octanol–water partition coefficient (Wildman–Crippen LogP) is 2.73. The van der Waals surface area contributed by atoms with Gasteiger partial charge >= 0.3 is 5.97 Å². The Labute approximate surface area is 161 Å². The van der Waals surface area contributed by atoms with E-state index in [0.717, 1.165) is 27.9 Å². The zero-order chi connectivity index (χ0) is 20.3. The highest BCUT2D eigenvalue weighted by atomic mass is 16.5. The van der Waals surface area contributed by atoms with Gasteiger partial charge in [0.1, 0.15) is 24.0 Å². The van der Waals surface area contributed by atoms with Gasteiger partial charge in [-0.25, -0.2) is 9.78 Å². The summed E-state index contributed by atoms with van der Waals surface area (Å²) >= 11 is 0. The van der Waals surface area contributed by atoms with Crippen molar-refractivity contribution in [1.29, 1.82) is 10.8 Å². The molecule has 0 amide bonds. The zero-order valence-corrected chi connectivity index (χ0v) is 15.7. The molecule has 0 unspecified atom stereocenters. The summed E-state index contributed by atoms with van der Waals surface area (Å²) in [6, 6.07) is 13.7. The predicted molar refractivity (Wildman–Crippen MR) is 107 cm³/mol. The Balaban J connectivity index is 1.89. The van der Waals surface area contributed by atoms with E-state index in [1.165, 1.54) is 0 Å². The summed E-state index contributed by atoms with van der Waals surface area (Å²) in [5, 5.41) is 14.5. The first kappa shape index (κ1) is 19.1. The van der Waals surface area contributed by atoms with Gasteiger partial charge in [-0.15, -0.1) is 0 Å². The van der Waals surface area contributed by atoms with Crippen LogP contribution >= 0.6 is 0 Å². The molecule has 3 rings (SSSR count). The van der Waals surface area contributed by atoms with Crippen LogP contribution < -0.4 is 10.5 Å². The minimum Gasteiger partial charge on any atom is -0.497 e. The van der Waals surface area contributed by atoms with E-state index >= 15 is 0 Å². The monoisotopic (exact) mass is 379 g/mol. The van der Waals surface area contributed by atoms with E-state index in [-0.39, 0.29) is 6.61 Å². The number of fused-ring (bicyclic) bond motifs is 1. The van der Waals surface area contributed by atoms with Gasteiger partial charge in [-0.2, -0.15) is 0 Å². The van der Waals surface area contributed by atoms with Gasteiger partial charge in [0.25, 0.3) is 0 Å². The molecule has 3 aromatic rings. The number of carbonyl (C=O) groups excluding carboxylic acids is 1. The van der Waals surface area contributed by atoms with Gasteiger partial charge in [-0.3, -0.25) is 10.8 Å². The van der Waals surface area contributed by atoms with Crippen molar-refractivity contribution in [3.05, 3.63) is 48.3 Å². The number of hydrogen-bond donors (Lipinski definition) is 3. The number of aryl methyl sites for hydroxylation is 1. The van der Waals surface area contributed by atoms with E-state index in [1.54, 1.807) is 7.11 Å². The van der Waals surface area contributed by atoms with Crippen molar-refractivity contribution >= 4 is 28.6 Å². The van der Waals surface area contributed by atoms with E-state index in [0.29, 0.717) is 12.4 Å². The highest BCUT2D eigenvalue weighted by Crippen LogP contribution is 2.27. The fraction of sp³-hybridized carbons (Fsp3) is 0.200. The third-order valence-electron chi connectivity index (χ3n) is 4.37. The zero-order valence-electron chi connectivity index (χ0n) is 15.7. The molecule has 0 aliphatic rings. The van der Waals surface area contributed by atoms with Crippen molar-refractivity contribution in [3.8, 4) is 16.9 Å². The maximum Gasteiger partial charge on any atom is 0.360 e. The number of imidazole rings is 1. The van der Waals surface area contributed by atoms with Crippen LogP contribution in [-0.4, -0.2) is 34.2 Å². The molecular formula is C20H21N5O3. The number of benzene rings is 2. The second kappa shape index (κ2) is 7.91. The number of methoxy groups -OCH3 is 1. The minimum atomic E-state index is -0.943. The summed E-state index contributed by atoms with van der Waals surface area (Å²) in [7, 11) is 1.63. The van der Waals surface area contributed by atoms with Crippen molar-refractivity contribution in [2.45, 2.75) is 20.1 Å². The summed E-state index contributed by atoms with van der Waals surface area (Å²) < 4.78 is 12.2. The number of nitrogens with zero attached hydrogens (tertiary/aromatic N) is 2. The highest BCUT2D eigenvalue weighted by molar-refractivity contribution is 6.63. The van der Waals surface area contributed by atoms with E-state index in [1.807, 2.05) is 54.0 Å². The van der Waals surface area contributed by atoms with Crippen LogP contribution in [0.4, 0.5) is 0 Å². The molecule has 0 saturated heterocycles. The van der Waals surface area contributed by atoms with Crippen molar-refractivity contribution in [2.24, 2.45) is 5.73 Å². The van der Waals surface area contributed by atoms with Crippen LogP contribution in [0.15, 0.2) is 42.5 Å². The van der Waals surface area contributed by atoms with Gasteiger partial charge in [0, 0.05) is 6.54 Å². The maximum absolute atomic E-state index is 11.7. The minimum absolute atomic E-state index is 0.102. The summed E-state index contributed by atoms with van der Waals surface area (Å²) in [6.45, 7) is 2.52. The highest BCUT2D eigenvalue weighted by Gasteiger charge is 2.17. The van der Waals surface area contributed by atoms with Crippen LogP contribution in [0.3, 0.4) is 0 Å². The molecule has 4 N–H and O–H groups in total. The van der Waals surface area contributed by atoms with Crippen molar-refractivity contribution < 1.29 is 14.3 Å². The maximum atomic E-state index is 11.7. The average molecular weight is 379 g/mol. The van der Waals surface area contributed by atoms with Crippen LogP contribution in [0, 0.1) is 10.8 Å². The molecule has 0 fully saturated rings. The molecule has 28 heavy (non-hydrogen) atoms. The Morgan fingerprint density at radius 3 is 2.43 bits per heavy atom. The molecular weight excluding hydrogens is 358 g/mol. The Morgan fingerprint density at radius 2 is 1.82 bits per heavy atom. The quantitative estimate of drug-likeness (QED) is 0.330. The van der Waals surface area contributed by atoms with Crippen LogP contribution in [0.2, 0.25) is 0 Å². The van der Waals surface area contributed by atoms with Crippen molar-refractivity contribution in [2.75, 3.05) is 7.11 Å². The fourth-order valence-electron chi connectivity index (χ4n) is 2.92. The fourth-order valence-corrected chi connectivity index (χ4v) is 2.92. The lowest BCUT2D eigenvalue weighted by Crippen LogP contribution is -2.30. The van der Waals surface area contributed by atoms with E-state index < -0.39 is 17.5 Å². The first-order valence-corrected chi connectivity index (χ1v) is 8.68. The number of carbonyl (C=O) groups is 1. The van der Waals surface area contributed by atoms with Gasteiger partial charge < -0.3 is 19.8 Å². The summed E-state index contributed by atoms with van der Waals surface area (Å²) in [6.07, 6.45) is 0. The molecule has 144 valence electrons. The Hall–Kier alpha value is -3.68. The van der Waals surface area contributed by atoms with Gasteiger partial charge in [-0.1, -0.05) is 18.2 Å². The lowest BCUT2D eigenvalue weighted by molar-refractivity contribution is -0.136. The molecule has 1 heterocycles. The molecule has 1 aromatic heterocycles. The Bertz CT molecular complexity index is 1050. The number of amidine groups is 1. The average Bonchev–Trinajstić information content (AvgIpc) is 3.07. The van der Waals surface area contributed by atoms with Gasteiger partial charge in [-0.05, 0) is 42.3 Å². The standard InChI is InChI=1S/C20H21N5O3/c1-3-25-16-9-6-13(12-4-7-14(27-2)8-5-12)10-15(16)24-17(25)11-28-20(26)18(21)19(22)23/h4-10,21H,3,11H2,1-2H3,(H3,22,23). The largest absolute Gasteiger partial charge is 0.497 e. The molecule has 2 aromatic carbocycles. The SMILES string of the molecule is CCn1c(COC(=O)C(=N)C(=N)N)nc2cc(-c3ccc(OC)cc3)ccc21. The normalized spacial score (nSPS) is 10.6. The van der Waals surface area contributed by atoms with Crippen LogP contribution in [0.5, 0.6) is 5.75 Å². The third-order valence-corrected chi connectivity index (χ3v) is 4.37. The Kier molecular flexibility index (Phi) is 5.39. The molecule has 0 aliphatic heterocycles. The number of nitrogens with two attached hydrogens (primary N) is 1. The second-order valence-corrected chi connectivity index (χ2v) is 6.07. The molecule has 0 atom stereocenters. The van der Waals surface area contributed by atoms with Crippen LogP contribution in [0.25, 0.3) is 22.2 Å². The molecule has 8 heteroatoms. The summed E-state index contributed by atoms with van der Waals surface area (Å²) in [5.74, 6) is -0.214. The van der Waals surface area contributed by atoms with Gasteiger partial charge in [0.15, 0.2) is 5.71 Å². The third kappa shape index (κ3) is 3.71. The number of hydrogen-bond acceptors (Lipinski definition) is 6. The smallest absolute Gasteiger partial charge is 0.360 e. The summed E-state index contributed by atoms with van der Waals surface area (Å²) in [4.78, 5) is 16.3. The van der Waals surface area contributed by atoms with Crippen molar-refractivity contribution in [1.82, 2.24) is 9.55 Å². The Morgan fingerprint density at radius 1 is 1.14 bits per heavy atom. The second-order valence-electron chi connectivity index (χ2n) is 6.07. The lowest BCUT2D eigenvalue weighted by Gasteiger charge is -2.07. The van der Waals surface area contributed by atoms with Crippen LogP contribution in [0.1, 0.15) is 12.7 Å². The van der Waals surface area contributed by atoms with Crippen LogP contribution in [-0.2, 0) is 22.7 Å². The van der Waals surface area contributed by atoms with E-state index in [4.69, 9.17) is 26.0 Å². The van der Waals surface area contributed by atoms with Gasteiger partial charge in [0.2, 0.25) is 0 Å². The van der Waals surface area contributed by atoms with Crippen molar-refractivity contribution in [3.63, 3.8) is 0 Å². The summed E-state index contributed by atoms with van der Waals surface area (Å²) in [5.41, 5.74) is 8.23. The molecule has 0 radical (unpaired) electrons. The number of rotatable bonds is 7. The molecule has 8 nitrogen and oxygen atoms in total. The topological polar surface area (TPSA) is 127 Å². The van der Waals surface area contributed by atoms with Gasteiger partial charge in [0.05, 0.1) is 18.1 Å². The first-order valence-electron chi connectivity index (χ1n) is 8.68. The number of ether oxygens (including phenoxy) is 2.